The van der Waals surface area contributed by atoms with Crippen molar-refractivity contribution in [2.45, 2.75) is 46.8 Å². The topological polar surface area (TPSA) is 51.8 Å². The quantitative estimate of drug-likeness (QED) is 0.433. The molecule has 4 aromatic heterocycles. The van der Waals surface area contributed by atoms with Crippen LogP contribution in [0.25, 0.3) is 33.3 Å². The molecule has 4 heterocycles. The van der Waals surface area contributed by atoms with Crippen LogP contribution in [0.5, 0.6) is 0 Å². The fourth-order valence-electron chi connectivity index (χ4n) is 3.77. The molecule has 0 aliphatic carbocycles. The van der Waals surface area contributed by atoms with Crippen molar-refractivity contribution in [2.75, 3.05) is 0 Å². The molecule has 0 aromatic carbocycles. The van der Waals surface area contributed by atoms with Gasteiger partial charge in [-0.2, -0.15) is 0 Å². The molecule has 144 valence electrons. The van der Waals surface area contributed by atoms with Crippen molar-refractivity contribution in [3.05, 3.63) is 48.0 Å². The van der Waals surface area contributed by atoms with Crippen LogP contribution in [0.2, 0.25) is 19.6 Å². The lowest BCUT2D eigenvalue weighted by atomic mass is 10.0. The lowest BCUT2D eigenvalue weighted by Crippen LogP contribution is -2.40. The molecule has 0 bridgehead atoms. The maximum atomic E-state index is 6.15. The third kappa shape index (κ3) is 3.35. The summed E-state index contributed by atoms with van der Waals surface area (Å²) in [4.78, 5) is 13.9. The van der Waals surface area contributed by atoms with Crippen molar-refractivity contribution in [1.29, 1.82) is 0 Å². The van der Waals surface area contributed by atoms with Gasteiger partial charge in [0, 0.05) is 35.1 Å². The van der Waals surface area contributed by atoms with Gasteiger partial charge in [-0.1, -0.05) is 33.5 Å². The summed E-state index contributed by atoms with van der Waals surface area (Å²) in [5, 5.41) is 3.42. The van der Waals surface area contributed by atoms with E-state index in [4.69, 9.17) is 9.40 Å². The van der Waals surface area contributed by atoms with Crippen LogP contribution < -0.4 is 5.19 Å². The molecule has 0 saturated carbocycles. The van der Waals surface area contributed by atoms with E-state index in [0.717, 1.165) is 39.7 Å². The first-order chi connectivity index (χ1) is 13.2. The van der Waals surface area contributed by atoms with E-state index in [0.29, 0.717) is 11.6 Å². The van der Waals surface area contributed by atoms with E-state index >= 15 is 0 Å². The second-order valence-corrected chi connectivity index (χ2v) is 14.1. The molecule has 0 saturated heterocycles. The minimum absolute atomic E-state index is 0.595. The van der Waals surface area contributed by atoms with Crippen molar-refractivity contribution in [2.24, 2.45) is 5.92 Å². The number of hydrogen-bond donors (Lipinski definition) is 0. The average Bonchev–Trinajstić information content (AvgIpc) is 2.97. The van der Waals surface area contributed by atoms with E-state index in [1.807, 2.05) is 25.4 Å². The van der Waals surface area contributed by atoms with Gasteiger partial charge >= 0.3 is 0 Å². The third-order valence-electron chi connectivity index (χ3n) is 5.09. The van der Waals surface area contributed by atoms with Crippen molar-refractivity contribution < 1.29 is 4.42 Å². The third-order valence-corrected chi connectivity index (χ3v) is 7.15. The first-order valence-corrected chi connectivity index (χ1v) is 13.4. The second kappa shape index (κ2) is 6.81. The predicted octanol–water partition coefficient (Wildman–Crippen LogP) is 5.49. The number of hydrogen-bond acceptors (Lipinski definition) is 4. The van der Waals surface area contributed by atoms with E-state index < -0.39 is 8.07 Å². The molecule has 0 radical (unpaired) electrons. The second-order valence-electron chi connectivity index (χ2n) is 9.05. The number of rotatable bonds is 4. The SMILES string of the molecule is Cc1ccc2c(n1)oc1c(-c3cc(CC(C)C)c([Si](C)(C)C)cn3)cncc12. The summed E-state index contributed by atoms with van der Waals surface area (Å²) in [6, 6.07) is 6.31. The van der Waals surface area contributed by atoms with Gasteiger partial charge in [-0.3, -0.25) is 9.97 Å². The molecule has 4 rings (SSSR count). The Hall–Kier alpha value is -2.53. The Bertz CT molecular complexity index is 1170. The van der Waals surface area contributed by atoms with E-state index in [-0.39, 0.29) is 0 Å². The summed E-state index contributed by atoms with van der Waals surface area (Å²) in [6.45, 7) is 13.6. The highest BCUT2D eigenvalue weighted by atomic mass is 28.3. The first-order valence-electron chi connectivity index (χ1n) is 9.87. The van der Waals surface area contributed by atoms with E-state index in [1.165, 1.54) is 10.8 Å². The normalized spacial score (nSPS) is 12.4. The van der Waals surface area contributed by atoms with Crippen LogP contribution in [0.4, 0.5) is 0 Å². The highest BCUT2D eigenvalue weighted by Crippen LogP contribution is 2.34. The standard InChI is InChI=1S/C23H27N3OSi/c1-14(2)9-16-10-20(25-13-21(16)28(4,5)6)19-12-24-11-18-17-8-7-15(3)26-23(17)27-22(18)19/h7-8,10-14H,9H2,1-6H3. The van der Waals surface area contributed by atoms with Gasteiger partial charge in [0.1, 0.15) is 5.58 Å². The molecule has 0 fully saturated rings. The summed E-state index contributed by atoms with van der Waals surface area (Å²) in [6.07, 6.45) is 6.85. The smallest absolute Gasteiger partial charge is 0.227 e. The Balaban J connectivity index is 1.93. The van der Waals surface area contributed by atoms with E-state index in [9.17, 15) is 0 Å². The number of furan rings is 1. The van der Waals surface area contributed by atoms with Gasteiger partial charge < -0.3 is 4.42 Å². The predicted molar refractivity (Wildman–Crippen MR) is 119 cm³/mol. The number of pyridine rings is 3. The van der Waals surface area contributed by atoms with Crippen molar-refractivity contribution in [3.63, 3.8) is 0 Å². The molecule has 0 unspecified atom stereocenters. The number of fused-ring (bicyclic) bond motifs is 3. The number of nitrogens with zero attached hydrogens (tertiary/aromatic N) is 3. The van der Waals surface area contributed by atoms with Crippen molar-refractivity contribution in [3.8, 4) is 11.3 Å². The molecular formula is C23H27N3OSi. The summed E-state index contributed by atoms with van der Waals surface area (Å²) >= 11 is 0. The largest absolute Gasteiger partial charge is 0.437 e. The molecule has 4 nitrogen and oxygen atoms in total. The average molecular weight is 390 g/mol. The zero-order valence-corrected chi connectivity index (χ0v) is 18.5. The van der Waals surface area contributed by atoms with Crippen LogP contribution in [0.15, 0.2) is 41.2 Å². The molecule has 0 aliphatic rings. The van der Waals surface area contributed by atoms with Gasteiger partial charge in [0.2, 0.25) is 5.71 Å². The van der Waals surface area contributed by atoms with E-state index in [2.05, 4.69) is 61.8 Å². The van der Waals surface area contributed by atoms with Gasteiger partial charge in [-0.25, -0.2) is 4.98 Å². The Morgan fingerprint density at radius 1 is 1.04 bits per heavy atom. The molecule has 28 heavy (non-hydrogen) atoms. The van der Waals surface area contributed by atoms with Crippen LogP contribution >= 0.6 is 0 Å². The lowest BCUT2D eigenvalue weighted by Gasteiger charge is -2.22. The number of aryl methyl sites for hydroxylation is 1. The van der Waals surface area contributed by atoms with Crippen LogP contribution in [-0.2, 0) is 6.42 Å². The Morgan fingerprint density at radius 2 is 1.82 bits per heavy atom. The van der Waals surface area contributed by atoms with Crippen molar-refractivity contribution in [1.82, 2.24) is 15.0 Å². The maximum absolute atomic E-state index is 6.15. The zero-order valence-electron chi connectivity index (χ0n) is 17.5. The van der Waals surface area contributed by atoms with Gasteiger partial charge in [-0.15, -0.1) is 0 Å². The Morgan fingerprint density at radius 3 is 2.54 bits per heavy atom. The minimum Gasteiger partial charge on any atom is -0.437 e. The summed E-state index contributed by atoms with van der Waals surface area (Å²) < 4.78 is 6.15. The molecular weight excluding hydrogens is 362 g/mol. The first kappa shape index (κ1) is 18.8. The van der Waals surface area contributed by atoms with Gasteiger partial charge in [-0.05, 0) is 48.2 Å². The summed E-state index contributed by atoms with van der Waals surface area (Å²) in [5.41, 5.74) is 5.67. The van der Waals surface area contributed by atoms with Crippen LogP contribution in [0.3, 0.4) is 0 Å². The molecule has 0 aliphatic heterocycles. The molecule has 0 spiro atoms. The highest BCUT2D eigenvalue weighted by Gasteiger charge is 2.23. The minimum atomic E-state index is -1.47. The van der Waals surface area contributed by atoms with Gasteiger partial charge in [0.25, 0.3) is 0 Å². The summed E-state index contributed by atoms with van der Waals surface area (Å²) in [5.74, 6) is 0.595. The number of aromatic nitrogens is 3. The molecule has 0 N–H and O–H groups in total. The summed E-state index contributed by atoms with van der Waals surface area (Å²) in [7, 11) is -1.47. The van der Waals surface area contributed by atoms with Crippen LogP contribution in [0.1, 0.15) is 25.1 Å². The molecule has 0 atom stereocenters. The monoisotopic (exact) mass is 389 g/mol. The van der Waals surface area contributed by atoms with Gasteiger partial charge in [0.05, 0.1) is 19.3 Å². The molecule has 5 heteroatoms. The lowest BCUT2D eigenvalue weighted by molar-refractivity contribution is 0.648. The zero-order chi connectivity index (χ0) is 20.1. The van der Waals surface area contributed by atoms with Crippen LogP contribution in [0, 0.1) is 12.8 Å². The highest BCUT2D eigenvalue weighted by molar-refractivity contribution is 6.89. The Kier molecular flexibility index (Phi) is 4.58. The Labute approximate surface area is 167 Å². The fourth-order valence-corrected chi connectivity index (χ4v) is 5.36. The maximum Gasteiger partial charge on any atom is 0.227 e. The fraction of sp³-hybridized carbons (Fsp3) is 0.348. The van der Waals surface area contributed by atoms with Crippen LogP contribution in [-0.4, -0.2) is 23.0 Å². The molecule has 0 amide bonds. The molecule has 4 aromatic rings. The van der Waals surface area contributed by atoms with E-state index in [1.54, 1.807) is 0 Å². The van der Waals surface area contributed by atoms with Crippen molar-refractivity contribution >= 4 is 35.3 Å². The van der Waals surface area contributed by atoms with Gasteiger partial charge in [0.15, 0.2) is 0 Å².